The van der Waals surface area contributed by atoms with Crippen molar-refractivity contribution in [3.05, 3.63) is 35.1 Å². The molecule has 1 aliphatic heterocycles. The minimum atomic E-state index is -2.53. The van der Waals surface area contributed by atoms with Gasteiger partial charge in [0.05, 0.1) is 0 Å². The van der Waals surface area contributed by atoms with E-state index in [0.717, 1.165) is 5.56 Å². The molecular weight excluding hydrogens is 251 g/mol. The Balaban J connectivity index is 2.10. The predicted octanol–water partition coefficient (Wildman–Crippen LogP) is 4.18. The highest BCUT2D eigenvalue weighted by atomic mass is 19.3. The van der Waals surface area contributed by atoms with E-state index in [9.17, 15) is 13.2 Å². The van der Waals surface area contributed by atoms with Gasteiger partial charge < -0.3 is 0 Å². The zero-order valence-corrected chi connectivity index (χ0v) is 11.4. The van der Waals surface area contributed by atoms with Gasteiger partial charge in [0.15, 0.2) is 0 Å². The number of likely N-dealkylation sites (tertiary alicyclic amines) is 1. The average Bonchev–Trinajstić information content (AvgIpc) is 2.31. The summed E-state index contributed by atoms with van der Waals surface area (Å²) < 4.78 is 40.0. The van der Waals surface area contributed by atoms with Gasteiger partial charge in [-0.15, -0.1) is 0 Å². The molecule has 0 bridgehead atoms. The molecule has 1 nitrogen and oxygen atoms in total. The number of rotatable bonds is 3. The van der Waals surface area contributed by atoms with Crippen LogP contribution < -0.4 is 0 Å². The molecule has 0 spiro atoms. The van der Waals surface area contributed by atoms with Gasteiger partial charge in [-0.3, -0.25) is 4.90 Å². The molecule has 0 atom stereocenters. The van der Waals surface area contributed by atoms with Crippen molar-refractivity contribution in [2.75, 3.05) is 13.1 Å². The standard InChI is InChI=1S/C15H20F3N/c1-11(2)14-12(4-3-5-13(14)16)10-19-8-6-15(17,18)7-9-19/h3-5,11H,6-10H2,1-2H3. The SMILES string of the molecule is CC(C)c1c(F)cccc1CN1CCC(F)(F)CC1. The highest BCUT2D eigenvalue weighted by Crippen LogP contribution is 2.30. The zero-order valence-electron chi connectivity index (χ0n) is 11.4. The van der Waals surface area contributed by atoms with Gasteiger partial charge in [0.1, 0.15) is 5.82 Å². The Morgan fingerprint density at radius 1 is 1.21 bits per heavy atom. The van der Waals surface area contributed by atoms with Crippen LogP contribution in [0, 0.1) is 5.82 Å². The van der Waals surface area contributed by atoms with Gasteiger partial charge in [-0.05, 0) is 23.1 Å². The molecular formula is C15H20F3N. The molecule has 0 unspecified atom stereocenters. The van der Waals surface area contributed by atoms with Gasteiger partial charge in [-0.1, -0.05) is 26.0 Å². The molecule has 4 heteroatoms. The van der Waals surface area contributed by atoms with Gasteiger partial charge >= 0.3 is 0 Å². The third-order valence-corrected chi connectivity index (χ3v) is 3.70. The lowest BCUT2D eigenvalue weighted by atomic mass is 9.95. The maximum atomic E-state index is 13.8. The average molecular weight is 271 g/mol. The largest absolute Gasteiger partial charge is 0.299 e. The van der Waals surface area contributed by atoms with Crippen LogP contribution in [0.1, 0.15) is 43.7 Å². The van der Waals surface area contributed by atoms with Crippen LogP contribution in [-0.4, -0.2) is 23.9 Å². The van der Waals surface area contributed by atoms with Crippen molar-refractivity contribution in [1.82, 2.24) is 4.90 Å². The molecule has 1 fully saturated rings. The first-order valence-corrected chi connectivity index (χ1v) is 6.76. The number of benzene rings is 1. The van der Waals surface area contributed by atoms with Crippen LogP contribution in [-0.2, 0) is 6.54 Å². The lowest BCUT2D eigenvalue weighted by Crippen LogP contribution is -2.39. The molecule has 0 radical (unpaired) electrons. The molecule has 19 heavy (non-hydrogen) atoms. The number of hydrogen-bond acceptors (Lipinski definition) is 1. The van der Waals surface area contributed by atoms with E-state index in [1.807, 2.05) is 24.8 Å². The molecule has 1 aromatic carbocycles. The van der Waals surface area contributed by atoms with Gasteiger partial charge in [-0.2, -0.15) is 0 Å². The maximum Gasteiger partial charge on any atom is 0.250 e. The number of alkyl halides is 2. The molecule has 1 aromatic rings. The molecule has 0 amide bonds. The molecule has 0 aromatic heterocycles. The first-order valence-electron chi connectivity index (χ1n) is 6.76. The number of nitrogens with zero attached hydrogens (tertiary/aromatic N) is 1. The van der Waals surface area contributed by atoms with Crippen molar-refractivity contribution in [2.24, 2.45) is 0 Å². The maximum absolute atomic E-state index is 13.8. The van der Waals surface area contributed by atoms with Crippen molar-refractivity contribution >= 4 is 0 Å². The second-order valence-electron chi connectivity index (χ2n) is 5.60. The normalized spacial score (nSPS) is 19.9. The Hall–Kier alpha value is -1.03. The van der Waals surface area contributed by atoms with Crippen LogP contribution in [0.2, 0.25) is 0 Å². The van der Waals surface area contributed by atoms with Gasteiger partial charge in [0.2, 0.25) is 0 Å². The van der Waals surface area contributed by atoms with E-state index in [2.05, 4.69) is 0 Å². The van der Waals surface area contributed by atoms with Crippen LogP contribution >= 0.6 is 0 Å². The lowest BCUT2D eigenvalue weighted by Gasteiger charge is -2.32. The van der Waals surface area contributed by atoms with E-state index in [0.29, 0.717) is 25.2 Å². The van der Waals surface area contributed by atoms with Crippen molar-refractivity contribution in [2.45, 2.75) is 45.1 Å². The fourth-order valence-electron chi connectivity index (χ4n) is 2.65. The molecule has 1 aliphatic rings. The van der Waals surface area contributed by atoms with Crippen molar-refractivity contribution in [3.8, 4) is 0 Å². The number of halogens is 3. The topological polar surface area (TPSA) is 3.24 Å². The third-order valence-electron chi connectivity index (χ3n) is 3.70. The van der Waals surface area contributed by atoms with Crippen LogP contribution in [0.3, 0.4) is 0 Å². The van der Waals surface area contributed by atoms with E-state index in [4.69, 9.17) is 0 Å². The summed E-state index contributed by atoms with van der Waals surface area (Å²) in [6, 6.07) is 5.05. The second kappa shape index (κ2) is 5.53. The van der Waals surface area contributed by atoms with E-state index >= 15 is 0 Å². The van der Waals surface area contributed by atoms with E-state index in [1.165, 1.54) is 6.07 Å². The Morgan fingerprint density at radius 2 is 1.84 bits per heavy atom. The van der Waals surface area contributed by atoms with E-state index in [-0.39, 0.29) is 24.6 Å². The monoisotopic (exact) mass is 271 g/mol. The van der Waals surface area contributed by atoms with Crippen LogP contribution in [0.25, 0.3) is 0 Å². The van der Waals surface area contributed by atoms with Crippen molar-refractivity contribution in [3.63, 3.8) is 0 Å². The quantitative estimate of drug-likeness (QED) is 0.797. The molecule has 106 valence electrons. The molecule has 0 aliphatic carbocycles. The summed E-state index contributed by atoms with van der Waals surface area (Å²) in [5.41, 5.74) is 1.63. The number of piperidine rings is 1. The summed E-state index contributed by atoms with van der Waals surface area (Å²) >= 11 is 0. The van der Waals surface area contributed by atoms with Crippen LogP contribution in [0.15, 0.2) is 18.2 Å². The van der Waals surface area contributed by atoms with Gasteiger partial charge in [-0.25, -0.2) is 13.2 Å². The first-order chi connectivity index (χ1) is 8.89. The summed E-state index contributed by atoms with van der Waals surface area (Å²) in [6.07, 6.45) is -0.196. The van der Waals surface area contributed by atoms with Gasteiger partial charge in [0, 0.05) is 32.5 Å². The summed E-state index contributed by atoms with van der Waals surface area (Å²) in [6.45, 7) is 5.21. The highest BCUT2D eigenvalue weighted by Gasteiger charge is 2.34. The fourth-order valence-corrected chi connectivity index (χ4v) is 2.65. The third kappa shape index (κ3) is 3.50. The van der Waals surface area contributed by atoms with E-state index < -0.39 is 5.92 Å². The molecule has 0 saturated carbocycles. The van der Waals surface area contributed by atoms with Crippen molar-refractivity contribution < 1.29 is 13.2 Å². The summed E-state index contributed by atoms with van der Waals surface area (Å²) in [5, 5.41) is 0. The van der Waals surface area contributed by atoms with Crippen molar-refractivity contribution in [1.29, 1.82) is 0 Å². The summed E-state index contributed by atoms with van der Waals surface area (Å²) in [7, 11) is 0. The van der Waals surface area contributed by atoms with Gasteiger partial charge in [0.25, 0.3) is 5.92 Å². The second-order valence-corrected chi connectivity index (χ2v) is 5.60. The lowest BCUT2D eigenvalue weighted by molar-refractivity contribution is -0.0567. The van der Waals surface area contributed by atoms with Crippen LogP contribution in [0.4, 0.5) is 13.2 Å². The van der Waals surface area contributed by atoms with E-state index in [1.54, 1.807) is 6.07 Å². The minimum absolute atomic E-state index is 0.0979. The van der Waals surface area contributed by atoms with Crippen LogP contribution in [0.5, 0.6) is 0 Å². The Kier molecular flexibility index (Phi) is 4.19. The Bertz CT molecular complexity index is 433. The Morgan fingerprint density at radius 3 is 2.42 bits per heavy atom. The smallest absolute Gasteiger partial charge is 0.250 e. The molecule has 0 N–H and O–H groups in total. The molecule has 1 heterocycles. The summed E-state index contributed by atoms with van der Waals surface area (Å²) in [4.78, 5) is 1.98. The molecule has 2 rings (SSSR count). The first kappa shape index (κ1) is 14.4. The fraction of sp³-hybridized carbons (Fsp3) is 0.600. The highest BCUT2D eigenvalue weighted by molar-refractivity contribution is 5.31. The Labute approximate surface area is 112 Å². The summed E-state index contributed by atoms with van der Waals surface area (Å²) in [5.74, 6) is -2.63. The number of hydrogen-bond donors (Lipinski definition) is 0. The minimum Gasteiger partial charge on any atom is -0.299 e. The molecule has 1 saturated heterocycles. The predicted molar refractivity (Wildman–Crippen MR) is 69.9 cm³/mol. The zero-order chi connectivity index (χ0) is 14.0.